The van der Waals surface area contributed by atoms with Crippen molar-refractivity contribution in [2.45, 2.75) is 530 Å². The maximum absolute atomic E-state index is 2.39. The van der Waals surface area contributed by atoms with Gasteiger partial charge in [-0.15, -0.1) is 0 Å². The monoisotopic (exact) mass is 1750 g/mol. The highest BCUT2D eigenvalue weighted by Crippen LogP contribution is 2.46. The standard InChI is InChI=1S/2C17H28.4C16H26.2C15H24/c1-11-10-14(16(4,5)6)15(17(7,8)9)13(3)12(11)2;1-11-10-12(2)14(16(4,5)6)15(13(11)3)17(7,8)9;1-11-9-13(15(3,4)5)14(10-12(11)2)16(6,7)8;1-11-9-12(2)14(16(6,7)8)13(10-11)15(3,4)5;1-11-9-10-13(15(3,4)5)14(12(11)2)16(6,7)8;1-11-9-10-12(2)14(16(6,7)8)13(11)15(3,4)5;1-11-8-9-12(14(2,3)4)13(10-11)15(5,6)7;1-11-9-8-10-12(14(2,3)4)13(11)15(5,6)7/h2*10H,1-9H3;4*9-10H,1-8H3;2*8-10H,1-7H3. The number of hydrogen-bond donors (Lipinski definition) is 0. The fourth-order valence-corrected chi connectivity index (χ4v) is 19.6. The summed E-state index contributed by atoms with van der Waals surface area (Å²) in [5, 5.41) is 0. The molecule has 0 fully saturated rings. The molecule has 720 valence electrons. The van der Waals surface area contributed by atoms with Crippen LogP contribution in [0, 0.1) is 111 Å². The Morgan fingerprint density at radius 3 is 0.672 bits per heavy atom. The van der Waals surface area contributed by atoms with E-state index in [-0.39, 0.29) is 86.6 Å². The van der Waals surface area contributed by atoms with Crippen molar-refractivity contribution in [3.63, 3.8) is 0 Å². The van der Waals surface area contributed by atoms with Crippen LogP contribution in [0.15, 0.2) is 97.1 Å². The Kier molecular flexibility index (Phi) is 39.8. The molecule has 0 radical (unpaired) electrons. The van der Waals surface area contributed by atoms with Gasteiger partial charge in [-0.1, -0.05) is 441 Å². The first kappa shape index (κ1) is 120. The summed E-state index contributed by atoms with van der Waals surface area (Å²) in [6, 6.07) is 36.7. The van der Waals surface area contributed by atoms with Crippen molar-refractivity contribution in [1.29, 1.82) is 0 Å². The van der Waals surface area contributed by atoms with E-state index in [1.165, 1.54) is 172 Å². The second-order valence-corrected chi connectivity index (χ2v) is 55.7. The SMILES string of the molecule is Cc1cc(C(C)(C)C)c(C(C)(C)C)c(C)c1C.Cc1cc(C(C)(C)C)c(C(C)(C)C)cc1C.Cc1cc(C)c(C(C)(C)C)c(C(C)(C)C)c1.Cc1cc(C)c(C(C)(C)C)c(C(C)(C)C)c1C.Cc1ccc(C(C)(C)C)c(C(C)(C)C)c1.Cc1ccc(C(C)(C)C)c(C(C)(C)C)c1C.Cc1ccc(C)c(C(C)(C)C)c1C(C)(C)C.Cc1cccc(C(C)(C)C)c1C(C)(C)C. The topological polar surface area (TPSA) is 0 Å². The van der Waals surface area contributed by atoms with Gasteiger partial charge in [0, 0.05) is 0 Å². The van der Waals surface area contributed by atoms with Crippen molar-refractivity contribution in [2.75, 3.05) is 0 Å². The molecule has 0 spiro atoms. The summed E-state index contributed by atoms with van der Waals surface area (Å²) in [7, 11) is 0. The molecule has 0 saturated heterocycles. The average Bonchev–Trinajstić information content (AvgIpc) is 0.763. The highest BCUT2D eigenvalue weighted by Gasteiger charge is 2.36. The van der Waals surface area contributed by atoms with E-state index in [1.54, 1.807) is 5.56 Å². The van der Waals surface area contributed by atoms with Crippen LogP contribution in [0.5, 0.6) is 0 Å². The molecule has 128 heavy (non-hydrogen) atoms. The van der Waals surface area contributed by atoms with E-state index >= 15 is 0 Å². The van der Waals surface area contributed by atoms with E-state index in [9.17, 15) is 0 Å². The molecule has 0 aliphatic heterocycles. The maximum atomic E-state index is 2.39. The van der Waals surface area contributed by atoms with Gasteiger partial charge in [0.1, 0.15) is 0 Å². The van der Waals surface area contributed by atoms with E-state index in [0.717, 1.165) is 0 Å². The number of hydrogen-bond acceptors (Lipinski definition) is 0. The fraction of sp³-hybridized carbons (Fsp3) is 0.625. The molecule has 0 heteroatoms. The number of aryl methyl sites for hydroxylation is 12. The molecule has 0 aliphatic rings. The summed E-state index contributed by atoms with van der Waals surface area (Å²) in [5.74, 6) is 0. The van der Waals surface area contributed by atoms with E-state index in [2.05, 4.69) is 540 Å². The van der Waals surface area contributed by atoms with Crippen LogP contribution in [-0.2, 0) is 86.6 Å². The predicted octanol–water partition coefficient (Wildman–Crippen LogP) is 39.2. The van der Waals surface area contributed by atoms with Crippen molar-refractivity contribution in [3.05, 3.63) is 275 Å². The minimum Gasteiger partial charge on any atom is -0.0617 e. The largest absolute Gasteiger partial charge is 0.0617 e. The first-order valence-electron chi connectivity index (χ1n) is 49.3. The zero-order valence-corrected chi connectivity index (χ0v) is 97.2. The Labute approximate surface area is 799 Å². The third kappa shape index (κ3) is 34.0. The van der Waals surface area contributed by atoms with Crippen LogP contribution in [0.3, 0.4) is 0 Å². The summed E-state index contributed by atoms with van der Waals surface area (Å²) < 4.78 is 0. The van der Waals surface area contributed by atoms with Crippen LogP contribution in [0.4, 0.5) is 0 Å². The average molecular weight is 1750 g/mol. The maximum Gasteiger partial charge on any atom is -0.0126 e. The summed E-state index contributed by atoms with van der Waals surface area (Å²) in [6.45, 7) is 146. The van der Waals surface area contributed by atoms with Gasteiger partial charge < -0.3 is 0 Å². The molecular formula is C128H208. The van der Waals surface area contributed by atoms with Gasteiger partial charge in [0.2, 0.25) is 0 Å². The Hall–Kier alpha value is -6.24. The Bertz CT molecular complexity index is 4840. The lowest BCUT2D eigenvalue weighted by molar-refractivity contribution is 0.523. The molecule has 0 saturated carbocycles. The van der Waals surface area contributed by atoms with Crippen LogP contribution in [0.2, 0.25) is 0 Å². The molecule has 8 aromatic rings. The zero-order valence-electron chi connectivity index (χ0n) is 97.2. The zero-order chi connectivity index (χ0) is 102. The summed E-state index contributed by atoms with van der Waals surface area (Å²) in [5.41, 5.74) is 50.4. The lowest BCUT2D eigenvalue weighted by Gasteiger charge is -2.34. The van der Waals surface area contributed by atoms with Crippen LogP contribution < -0.4 is 0 Å². The second-order valence-electron chi connectivity index (χ2n) is 55.7. The van der Waals surface area contributed by atoms with Gasteiger partial charge in [0.15, 0.2) is 0 Å². The molecule has 0 aliphatic carbocycles. The van der Waals surface area contributed by atoms with Gasteiger partial charge in [0.05, 0.1) is 0 Å². The smallest absolute Gasteiger partial charge is 0.0126 e. The molecular weight excluding hydrogens is 1540 g/mol. The molecule has 0 amide bonds. The fourth-order valence-electron chi connectivity index (χ4n) is 19.6. The summed E-state index contributed by atoms with van der Waals surface area (Å²) in [6.07, 6.45) is 0. The Balaban J connectivity index is 0.000000732. The van der Waals surface area contributed by atoms with Gasteiger partial charge in [0.25, 0.3) is 0 Å². The second kappa shape index (κ2) is 42.5. The first-order chi connectivity index (χ1) is 56.3. The molecule has 0 atom stereocenters. The van der Waals surface area contributed by atoms with Crippen LogP contribution in [0.1, 0.15) is 510 Å². The van der Waals surface area contributed by atoms with E-state index in [4.69, 9.17) is 0 Å². The molecule has 8 aromatic carbocycles. The van der Waals surface area contributed by atoms with Gasteiger partial charge in [-0.25, -0.2) is 0 Å². The predicted molar refractivity (Wildman–Crippen MR) is 587 cm³/mol. The van der Waals surface area contributed by atoms with Gasteiger partial charge in [-0.2, -0.15) is 0 Å². The third-order valence-electron chi connectivity index (χ3n) is 25.6. The highest BCUT2D eigenvalue weighted by atomic mass is 14.4. The van der Waals surface area contributed by atoms with Crippen molar-refractivity contribution in [2.24, 2.45) is 0 Å². The lowest BCUT2D eigenvalue weighted by atomic mass is 9.71. The molecule has 0 aromatic heterocycles. The number of benzene rings is 8. The van der Waals surface area contributed by atoms with Gasteiger partial charge >= 0.3 is 0 Å². The first-order valence-corrected chi connectivity index (χ1v) is 49.3. The Morgan fingerprint density at radius 2 is 0.352 bits per heavy atom. The quantitative estimate of drug-likeness (QED) is 0.142. The molecule has 0 heterocycles. The highest BCUT2D eigenvalue weighted by molar-refractivity contribution is 5.55. The van der Waals surface area contributed by atoms with E-state index in [1.807, 2.05) is 0 Å². The van der Waals surface area contributed by atoms with Gasteiger partial charge in [-0.05, 0) is 364 Å². The van der Waals surface area contributed by atoms with Crippen molar-refractivity contribution in [3.8, 4) is 0 Å². The third-order valence-corrected chi connectivity index (χ3v) is 25.6. The summed E-state index contributed by atoms with van der Waals surface area (Å²) in [4.78, 5) is 0. The van der Waals surface area contributed by atoms with Crippen molar-refractivity contribution < 1.29 is 0 Å². The minimum atomic E-state index is 0.212. The minimum absolute atomic E-state index is 0.212. The molecule has 0 N–H and O–H groups in total. The van der Waals surface area contributed by atoms with Crippen molar-refractivity contribution in [1.82, 2.24) is 0 Å². The van der Waals surface area contributed by atoms with Gasteiger partial charge in [-0.3, -0.25) is 0 Å². The Morgan fingerprint density at radius 1 is 0.117 bits per heavy atom. The van der Waals surface area contributed by atoms with Crippen molar-refractivity contribution >= 4 is 0 Å². The normalized spacial score (nSPS) is 13.0. The van der Waals surface area contributed by atoms with E-state index < -0.39 is 0 Å². The summed E-state index contributed by atoms with van der Waals surface area (Å²) >= 11 is 0. The molecule has 0 unspecified atom stereocenters. The van der Waals surface area contributed by atoms with E-state index in [0.29, 0.717) is 0 Å². The molecule has 8 rings (SSSR count). The number of rotatable bonds is 0. The lowest BCUT2D eigenvalue weighted by Crippen LogP contribution is -2.25. The molecule has 0 nitrogen and oxygen atoms in total. The van der Waals surface area contributed by atoms with Crippen LogP contribution >= 0.6 is 0 Å². The molecule has 0 bridgehead atoms. The van der Waals surface area contributed by atoms with Crippen LogP contribution in [-0.4, -0.2) is 0 Å². The van der Waals surface area contributed by atoms with Crippen LogP contribution in [0.25, 0.3) is 0 Å².